The number of hydrogen-bond donors (Lipinski definition) is 1. The number of anilines is 1. The van der Waals surface area contributed by atoms with Gasteiger partial charge in [0.25, 0.3) is 11.8 Å². The summed E-state index contributed by atoms with van der Waals surface area (Å²) in [7, 11) is 0. The fourth-order valence-electron chi connectivity index (χ4n) is 3.88. The van der Waals surface area contributed by atoms with Crippen molar-refractivity contribution in [1.82, 2.24) is 25.5 Å². The fraction of sp³-hybridized carbons (Fsp3) is 0.296. The van der Waals surface area contributed by atoms with Crippen LogP contribution in [0.3, 0.4) is 0 Å². The standard InChI is InChI=1S/C27H29FN6O3/c1-17-8-9-18(2)21(15-17)34(24(22-7-6-14-37-22)26(36)29-27(3,4)5)23(35)16-33-31-25(30-32-33)19-10-12-20(28)13-11-19/h6-15,24H,16H2,1-5H3,(H,29,36). The van der Waals surface area contributed by atoms with E-state index in [4.69, 9.17) is 4.42 Å². The molecule has 0 saturated carbocycles. The van der Waals surface area contributed by atoms with E-state index in [2.05, 4.69) is 20.7 Å². The second kappa shape index (κ2) is 10.3. The van der Waals surface area contributed by atoms with Gasteiger partial charge in [0, 0.05) is 16.8 Å². The molecule has 1 atom stereocenters. The number of hydrogen-bond acceptors (Lipinski definition) is 6. The summed E-state index contributed by atoms with van der Waals surface area (Å²) in [5.74, 6) is -0.654. The van der Waals surface area contributed by atoms with Gasteiger partial charge in [0.05, 0.1) is 6.26 Å². The quantitative estimate of drug-likeness (QED) is 0.400. The Bertz CT molecular complexity index is 1390. The third-order valence-electron chi connectivity index (χ3n) is 5.54. The molecule has 0 bridgehead atoms. The second-order valence-electron chi connectivity index (χ2n) is 9.86. The van der Waals surface area contributed by atoms with Crippen LogP contribution < -0.4 is 10.2 Å². The Morgan fingerprint density at radius 2 is 1.84 bits per heavy atom. The van der Waals surface area contributed by atoms with E-state index in [-0.39, 0.29) is 18.2 Å². The maximum absolute atomic E-state index is 13.9. The number of nitrogens with one attached hydrogen (secondary N) is 1. The van der Waals surface area contributed by atoms with E-state index < -0.39 is 23.4 Å². The summed E-state index contributed by atoms with van der Waals surface area (Å²) in [6.07, 6.45) is 1.46. The number of furan rings is 1. The predicted molar refractivity (Wildman–Crippen MR) is 136 cm³/mol. The summed E-state index contributed by atoms with van der Waals surface area (Å²) in [6, 6.07) is 13.6. The Morgan fingerprint density at radius 1 is 1.11 bits per heavy atom. The molecule has 37 heavy (non-hydrogen) atoms. The number of benzene rings is 2. The van der Waals surface area contributed by atoms with E-state index in [1.165, 1.54) is 35.4 Å². The smallest absolute Gasteiger partial charge is 0.251 e. The zero-order chi connectivity index (χ0) is 26.7. The van der Waals surface area contributed by atoms with Crippen molar-refractivity contribution < 1.29 is 18.4 Å². The first-order chi connectivity index (χ1) is 17.5. The van der Waals surface area contributed by atoms with Gasteiger partial charge < -0.3 is 9.73 Å². The van der Waals surface area contributed by atoms with Crippen molar-refractivity contribution in [2.75, 3.05) is 4.90 Å². The van der Waals surface area contributed by atoms with Crippen molar-refractivity contribution >= 4 is 17.5 Å². The highest BCUT2D eigenvalue weighted by Gasteiger charge is 2.37. The van der Waals surface area contributed by atoms with Crippen molar-refractivity contribution in [3.8, 4) is 11.4 Å². The van der Waals surface area contributed by atoms with Crippen LogP contribution in [0.15, 0.2) is 65.3 Å². The van der Waals surface area contributed by atoms with Crippen LogP contribution in [-0.2, 0) is 16.1 Å². The second-order valence-corrected chi connectivity index (χ2v) is 9.86. The molecule has 0 aliphatic rings. The molecule has 2 aromatic carbocycles. The van der Waals surface area contributed by atoms with Gasteiger partial charge in [0.15, 0.2) is 6.04 Å². The Kier molecular flexibility index (Phi) is 7.19. The highest BCUT2D eigenvalue weighted by atomic mass is 19.1. The Morgan fingerprint density at radius 3 is 2.49 bits per heavy atom. The van der Waals surface area contributed by atoms with Gasteiger partial charge in [-0.05, 0) is 93.4 Å². The van der Waals surface area contributed by atoms with Crippen molar-refractivity contribution in [3.05, 3.63) is 83.6 Å². The first-order valence-corrected chi connectivity index (χ1v) is 11.8. The van der Waals surface area contributed by atoms with Gasteiger partial charge in [-0.15, -0.1) is 10.2 Å². The van der Waals surface area contributed by atoms with Gasteiger partial charge in [-0.3, -0.25) is 14.5 Å². The number of aryl methyl sites for hydroxylation is 2. The molecule has 0 radical (unpaired) electrons. The van der Waals surface area contributed by atoms with E-state index in [1.807, 2.05) is 52.8 Å². The molecule has 0 spiro atoms. The van der Waals surface area contributed by atoms with Crippen molar-refractivity contribution in [1.29, 1.82) is 0 Å². The fourth-order valence-corrected chi connectivity index (χ4v) is 3.88. The molecule has 4 aromatic rings. The maximum atomic E-state index is 13.9. The largest absolute Gasteiger partial charge is 0.467 e. The normalized spacial score (nSPS) is 12.3. The molecular weight excluding hydrogens is 475 g/mol. The number of carbonyl (C=O) groups excluding carboxylic acids is 2. The van der Waals surface area contributed by atoms with Gasteiger partial charge in [-0.1, -0.05) is 12.1 Å². The number of tetrazole rings is 1. The molecule has 0 fully saturated rings. The molecule has 1 unspecified atom stereocenters. The molecule has 10 heteroatoms. The monoisotopic (exact) mass is 504 g/mol. The van der Waals surface area contributed by atoms with Crippen molar-refractivity contribution in [2.45, 2.75) is 52.7 Å². The van der Waals surface area contributed by atoms with Crippen LogP contribution in [0.25, 0.3) is 11.4 Å². The average molecular weight is 505 g/mol. The summed E-state index contributed by atoms with van der Waals surface area (Å²) < 4.78 is 18.9. The maximum Gasteiger partial charge on any atom is 0.251 e. The van der Waals surface area contributed by atoms with Crippen LogP contribution in [0.4, 0.5) is 10.1 Å². The van der Waals surface area contributed by atoms with Crippen molar-refractivity contribution in [3.63, 3.8) is 0 Å². The van der Waals surface area contributed by atoms with Crippen LogP contribution >= 0.6 is 0 Å². The molecule has 0 aliphatic heterocycles. The number of nitrogens with zero attached hydrogens (tertiary/aromatic N) is 5. The summed E-state index contributed by atoms with van der Waals surface area (Å²) in [5, 5.41) is 15.3. The van der Waals surface area contributed by atoms with Crippen LogP contribution in [0.2, 0.25) is 0 Å². The molecule has 2 amide bonds. The lowest BCUT2D eigenvalue weighted by Crippen LogP contribution is -2.50. The van der Waals surface area contributed by atoms with E-state index in [0.717, 1.165) is 15.9 Å². The molecule has 4 rings (SSSR count). The van der Waals surface area contributed by atoms with Crippen molar-refractivity contribution in [2.24, 2.45) is 0 Å². The van der Waals surface area contributed by atoms with Gasteiger partial charge in [0.1, 0.15) is 18.1 Å². The summed E-state index contributed by atoms with van der Waals surface area (Å²) in [4.78, 5) is 30.1. The molecule has 192 valence electrons. The molecule has 0 saturated heterocycles. The molecule has 1 N–H and O–H groups in total. The van der Waals surface area contributed by atoms with Gasteiger partial charge in [-0.25, -0.2) is 4.39 Å². The Balaban J connectivity index is 1.74. The highest BCUT2D eigenvalue weighted by molar-refractivity contribution is 6.01. The minimum atomic E-state index is -1.08. The minimum absolute atomic E-state index is 0.249. The third kappa shape index (κ3) is 6.08. The predicted octanol–water partition coefficient (Wildman–Crippen LogP) is 4.38. The Labute approximate surface area is 214 Å². The van der Waals surface area contributed by atoms with Crippen LogP contribution in [0, 0.1) is 19.7 Å². The lowest BCUT2D eigenvalue weighted by atomic mass is 10.0. The number of amides is 2. The SMILES string of the molecule is Cc1ccc(C)c(N(C(=O)Cn2nnc(-c3ccc(F)cc3)n2)C(C(=O)NC(C)(C)C)c2ccco2)c1. The minimum Gasteiger partial charge on any atom is -0.467 e. The van der Waals surface area contributed by atoms with Gasteiger partial charge >= 0.3 is 0 Å². The third-order valence-corrected chi connectivity index (χ3v) is 5.54. The lowest BCUT2D eigenvalue weighted by molar-refractivity contribution is -0.128. The lowest BCUT2D eigenvalue weighted by Gasteiger charge is -2.33. The van der Waals surface area contributed by atoms with Gasteiger partial charge in [0.2, 0.25) is 5.82 Å². The molecule has 2 aromatic heterocycles. The zero-order valence-corrected chi connectivity index (χ0v) is 21.4. The van der Waals surface area contributed by atoms with E-state index >= 15 is 0 Å². The molecule has 0 aliphatic carbocycles. The molecule has 9 nitrogen and oxygen atoms in total. The zero-order valence-electron chi connectivity index (χ0n) is 21.4. The number of carbonyl (C=O) groups is 2. The summed E-state index contributed by atoms with van der Waals surface area (Å²) in [5.41, 5.74) is 2.30. The first-order valence-electron chi connectivity index (χ1n) is 11.8. The average Bonchev–Trinajstić information content (AvgIpc) is 3.51. The number of halogens is 1. The van der Waals surface area contributed by atoms with E-state index in [1.54, 1.807) is 12.1 Å². The number of aromatic nitrogens is 4. The summed E-state index contributed by atoms with van der Waals surface area (Å²) in [6.45, 7) is 9.09. The molecular formula is C27H29FN6O3. The first kappa shape index (κ1) is 25.7. The number of rotatable bonds is 7. The van der Waals surface area contributed by atoms with Crippen LogP contribution in [-0.4, -0.2) is 37.6 Å². The molecule has 2 heterocycles. The van der Waals surface area contributed by atoms with Gasteiger partial charge in [-0.2, -0.15) is 4.80 Å². The summed E-state index contributed by atoms with van der Waals surface area (Å²) >= 11 is 0. The van der Waals surface area contributed by atoms with E-state index in [9.17, 15) is 14.0 Å². The van der Waals surface area contributed by atoms with Crippen LogP contribution in [0.5, 0.6) is 0 Å². The van der Waals surface area contributed by atoms with E-state index in [0.29, 0.717) is 17.0 Å². The van der Waals surface area contributed by atoms with Crippen LogP contribution in [0.1, 0.15) is 43.7 Å². The Hall–Kier alpha value is -4.34. The highest BCUT2D eigenvalue weighted by Crippen LogP contribution is 2.32. The topological polar surface area (TPSA) is 106 Å².